The lowest BCUT2D eigenvalue weighted by Gasteiger charge is -2.10. The van der Waals surface area contributed by atoms with Crippen LogP contribution in [0, 0.1) is 0 Å². The zero-order chi connectivity index (χ0) is 14.4. The largest absolute Gasteiger partial charge is 0.303 e. The number of hydrogen-bond donors (Lipinski definition) is 1. The number of carbonyl (C=O) groups is 1. The Bertz CT molecular complexity index is 569. The Morgan fingerprint density at radius 1 is 1.10 bits per heavy atom. The van der Waals surface area contributed by atoms with Crippen molar-refractivity contribution < 1.29 is 14.6 Å². The lowest BCUT2D eigenvalue weighted by atomic mass is 10.0. The summed E-state index contributed by atoms with van der Waals surface area (Å²) in [6, 6.07) is 16.5. The molecule has 0 saturated heterocycles. The highest BCUT2D eigenvalue weighted by atomic mass is 17.2. The molecule has 0 aliphatic rings. The molecule has 0 spiro atoms. The Labute approximate surface area is 118 Å². The minimum absolute atomic E-state index is 0.00585. The van der Waals surface area contributed by atoms with Crippen molar-refractivity contribution in [1.29, 1.82) is 0 Å². The van der Waals surface area contributed by atoms with Gasteiger partial charge in [0, 0.05) is 17.5 Å². The molecule has 20 heavy (non-hydrogen) atoms. The molecule has 0 heterocycles. The molecule has 0 amide bonds. The summed E-state index contributed by atoms with van der Waals surface area (Å²) < 4.78 is 0. The Hall–Kier alpha value is -2.01. The van der Waals surface area contributed by atoms with E-state index in [0.29, 0.717) is 17.5 Å². The van der Waals surface area contributed by atoms with Crippen LogP contribution in [0.25, 0.3) is 0 Å². The van der Waals surface area contributed by atoms with Gasteiger partial charge >= 0.3 is 0 Å². The SMILES string of the molecule is COOC(N)Cc1cccc(C(=O)c2ccccc2)c1. The third-order valence-corrected chi connectivity index (χ3v) is 2.88. The van der Waals surface area contributed by atoms with E-state index in [1.807, 2.05) is 36.4 Å². The highest BCUT2D eigenvalue weighted by Gasteiger charge is 2.10. The van der Waals surface area contributed by atoms with Crippen LogP contribution in [0.15, 0.2) is 54.6 Å². The van der Waals surface area contributed by atoms with Gasteiger partial charge in [0.2, 0.25) is 0 Å². The number of benzene rings is 2. The zero-order valence-electron chi connectivity index (χ0n) is 11.3. The summed E-state index contributed by atoms with van der Waals surface area (Å²) in [6.07, 6.45) is -0.0777. The average Bonchev–Trinajstić information content (AvgIpc) is 2.48. The van der Waals surface area contributed by atoms with Crippen molar-refractivity contribution in [3.05, 3.63) is 71.3 Å². The van der Waals surface area contributed by atoms with Gasteiger partial charge in [-0.1, -0.05) is 48.5 Å². The Morgan fingerprint density at radius 3 is 2.50 bits per heavy atom. The second kappa shape index (κ2) is 6.96. The molecule has 104 valence electrons. The summed E-state index contributed by atoms with van der Waals surface area (Å²) in [5.74, 6) is -0.00585. The summed E-state index contributed by atoms with van der Waals surface area (Å²) in [5, 5.41) is 0. The topological polar surface area (TPSA) is 61.6 Å². The molecule has 2 N–H and O–H groups in total. The Morgan fingerprint density at radius 2 is 1.80 bits per heavy atom. The molecule has 2 aromatic carbocycles. The van der Waals surface area contributed by atoms with E-state index >= 15 is 0 Å². The lowest BCUT2D eigenvalue weighted by molar-refractivity contribution is -0.302. The first kappa shape index (κ1) is 14.4. The van der Waals surface area contributed by atoms with Crippen LogP contribution in [-0.2, 0) is 16.2 Å². The van der Waals surface area contributed by atoms with Gasteiger partial charge in [0.1, 0.15) is 6.23 Å². The minimum atomic E-state index is -0.554. The van der Waals surface area contributed by atoms with E-state index in [1.165, 1.54) is 7.11 Å². The van der Waals surface area contributed by atoms with Gasteiger partial charge in [-0.3, -0.25) is 4.79 Å². The Kier molecular flexibility index (Phi) is 5.01. The molecule has 2 aromatic rings. The molecule has 1 unspecified atom stereocenters. The van der Waals surface area contributed by atoms with Crippen LogP contribution in [0.5, 0.6) is 0 Å². The van der Waals surface area contributed by atoms with Gasteiger partial charge in [-0.2, -0.15) is 0 Å². The van der Waals surface area contributed by atoms with Gasteiger partial charge < -0.3 is 5.73 Å². The van der Waals surface area contributed by atoms with E-state index in [4.69, 9.17) is 10.6 Å². The number of hydrogen-bond acceptors (Lipinski definition) is 4. The molecular formula is C16H17NO3. The fraction of sp³-hybridized carbons (Fsp3) is 0.188. The van der Waals surface area contributed by atoms with E-state index in [9.17, 15) is 4.79 Å². The van der Waals surface area contributed by atoms with E-state index in [0.717, 1.165) is 5.56 Å². The lowest BCUT2D eigenvalue weighted by Crippen LogP contribution is -2.26. The van der Waals surface area contributed by atoms with Crippen molar-refractivity contribution >= 4 is 5.78 Å². The van der Waals surface area contributed by atoms with Crippen LogP contribution in [0.1, 0.15) is 21.5 Å². The molecule has 0 fully saturated rings. The van der Waals surface area contributed by atoms with E-state index in [2.05, 4.69) is 4.89 Å². The van der Waals surface area contributed by atoms with Crippen LogP contribution in [-0.4, -0.2) is 19.1 Å². The predicted molar refractivity (Wildman–Crippen MR) is 76.1 cm³/mol. The van der Waals surface area contributed by atoms with Crippen LogP contribution < -0.4 is 5.73 Å². The molecule has 0 aromatic heterocycles. The molecule has 0 saturated carbocycles. The van der Waals surface area contributed by atoms with E-state index in [1.54, 1.807) is 18.2 Å². The maximum atomic E-state index is 12.3. The van der Waals surface area contributed by atoms with Gasteiger partial charge in [0.05, 0.1) is 7.11 Å². The first-order valence-corrected chi connectivity index (χ1v) is 6.34. The maximum Gasteiger partial charge on any atom is 0.193 e. The third kappa shape index (κ3) is 3.74. The van der Waals surface area contributed by atoms with Crippen LogP contribution in [0.2, 0.25) is 0 Å². The highest BCUT2D eigenvalue weighted by molar-refractivity contribution is 6.09. The number of carbonyl (C=O) groups excluding carboxylic acids is 1. The zero-order valence-corrected chi connectivity index (χ0v) is 11.3. The molecule has 4 heteroatoms. The predicted octanol–water partition coefficient (Wildman–Crippen LogP) is 2.32. The number of nitrogens with two attached hydrogens (primary N) is 1. The molecule has 0 bridgehead atoms. The Balaban J connectivity index is 2.15. The smallest absolute Gasteiger partial charge is 0.193 e. The quantitative estimate of drug-likeness (QED) is 0.379. The summed E-state index contributed by atoms with van der Waals surface area (Å²) in [4.78, 5) is 21.7. The van der Waals surface area contributed by atoms with Gasteiger partial charge in [0.25, 0.3) is 0 Å². The van der Waals surface area contributed by atoms with Crippen molar-refractivity contribution in [2.24, 2.45) is 5.73 Å². The molecule has 2 rings (SSSR count). The third-order valence-electron chi connectivity index (χ3n) is 2.88. The first-order valence-electron chi connectivity index (χ1n) is 6.34. The summed E-state index contributed by atoms with van der Waals surface area (Å²) in [5.41, 5.74) is 7.95. The molecular weight excluding hydrogens is 254 g/mol. The minimum Gasteiger partial charge on any atom is -0.303 e. The molecule has 0 aliphatic heterocycles. The van der Waals surface area contributed by atoms with Crippen molar-refractivity contribution in [2.45, 2.75) is 12.6 Å². The summed E-state index contributed by atoms with van der Waals surface area (Å²) in [6.45, 7) is 0. The maximum absolute atomic E-state index is 12.3. The molecule has 4 nitrogen and oxygen atoms in total. The highest BCUT2D eigenvalue weighted by Crippen LogP contribution is 2.13. The van der Waals surface area contributed by atoms with Gasteiger partial charge in [0.15, 0.2) is 5.78 Å². The number of ketones is 1. The monoisotopic (exact) mass is 271 g/mol. The number of rotatable bonds is 6. The standard InChI is InChI=1S/C16H17NO3/c1-19-20-15(17)11-12-6-5-9-14(10-12)16(18)13-7-3-2-4-8-13/h2-10,15H,11,17H2,1H3. The average molecular weight is 271 g/mol. The van der Waals surface area contributed by atoms with E-state index in [-0.39, 0.29) is 5.78 Å². The van der Waals surface area contributed by atoms with Gasteiger partial charge in [-0.25, -0.2) is 9.78 Å². The van der Waals surface area contributed by atoms with Gasteiger partial charge in [-0.15, -0.1) is 0 Å². The van der Waals surface area contributed by atoms with Crippen LogP contribution in [0.4, 0.5) is 0 Å². The van der Waals surface area contributed by atoms with Crippen molar-refractivity contribution in [3.8, 4) is 0 Å². The molecule has 0 aliphatic carbocycles. The van der Waals surface area contributed by atoms with Crippen LogP contribution >= 0.6 is 0 Å². The van der Waals surface area contributed by atoms with E-state index < -0.39 is 6.23 Å². The molecule has 0 radical (unpaired) electrons. The van der Waals surface area contributed by atoms with Crippen LogP contribution in [0.3, 0.4) is 0 Å². The fourth-order valence-corrected chi connectivity index (χ4v) is 1.99. The second-order valence-corrected chi connectivity index (χ2v) is 4.40. The first-order chi connectivity index (χ1) is 9.70. The van der Waals surface area contributed by atoms with Crippen molar-refractivity contribution in [1.82, 2.24) is 0 Å². The normalized spacial score (nSPS) is 12.1. The van der Waals surface area contributed by atoms with Gasteiger partial charge in [-0.05, 0) is 11.6 Å². The second-order valence-electron chi connectivity index (χ2n) is 4.40. The summed E-state index contributed by atoms with van der Waals surface area (Å²) in [7, 11) is 1.41. The molecule has 1 atom stereocenters. The summed E-state index contributed by atoms with van der Waals surface area (Å²) >= 11 is 0. The van der Waals surface area contributed by atoms with Crippen molar-refractivity contribution in [2.75, 3.05) is 7.11 Å². The van der Waals surface area contributed by atoms with Crippen molar-refractivity contribution in [3.63, 3.8) is 0 Å². The fourth-order valence-electron chi connectivity index (χ4n) is 1.99.